The molecule has 0 aliphatic rings. The number of terminal acetylenes is 1. The van der Waals surface area contributed by atoms with Crippen LogP contribution in [-0.4, -0.2) is 0 Å². The van der Waals surface area contributed by atoms with Gasteiger partial charge in [-0.2, -0.15) is 0 Å². The minimum atomic E-state index is -0.562. The fourth-order valence-electron chi connectivity index (χ4n) is 1.05. The molecule has 0 aliphatic carbocycles. The second kappa shape index (κ2) is 3.51. The Morgan fingerprint density at radius 2 is 2.08 bits per heavy atom. The summed E-state index contributed by atoms with van der Waals surface area (Å²) in [6.07, 6.45) is 5.33. The van der Waals surface area contributed by atoms with Gasteiger partial charge in [-0.1, -0.05) is 21.9 Å². The van der Waals surface area contributed by atoms with E-state index in [1.54, 1.807) is 12.1 Å². The van der Waals surface area contributed by atoms with Crippen LogP contribution in [0.4, 0.5) is 4.39 Å². The number of rotatable bonds is 1. The van der Waals surface area contributed by atoms with Gasteiger partial charge < -0.3 is 0 Å². The van der Waals surface area contributed by atoms with Crippen molar-refractivity contribution in [3.63, 3.8) is 0 Å². The standard InChI is InChI=1S/C11H10BrF/c1-4-11(2,3)9-7-8(12)5-6-10(9)13/h1,5-7H,2-3H3. The second-order valence-electron chi connectivity index (χ2n) is 3.39. The Hall–Kier alpha value is -0.810. The lowest BCUT2D eigenvalue weighted by Gasteiger charge is -2.18. The van der Waals surface area contributed by atoms with Crippen LogP contribution in [0.3, 0.4) is 0 Å². The summed E-state index contributed by atoms with van der Waals surface area (Å²) in [5, 5.41) is 0. The average molecular weight is 241 g/mol. The molecule has 1 aromatic rings. The maximum atomic E-state index is 13.3. The first-order valence-corrected chi connectivity index (χ1v) is 4.70. The summed E-state index contributed by atoms with van der Waals surface area (Å²) in [6, 6.07) is 4.79. The van der Waals surface area contributed by atoms with E-state index in [-0.39, 0.29) is 5.82 Å². The number of benzene rings is 1. The fraction of sp³-hybridized carbons (Fsp3) is 0.273. The highest BCUT2D eigenvalue weighted by Crippen LogP contribution is 2.27. The molecule has 0 saturated heterocycles. The maximum Gasteiger partial charge on any atom is 0.127 e. The third kappa shape index (κ3) is 2.10. The molecule has 0 unspecified atom stereocenters. The van der Waals surface area contributed by atoms with Crippen LogP contribution in [0.15, 0.2) is 22.7 Å². The van der Waals surface area contributed by atoms with Crippen molar-refractivity contribution in [1.82, 2.24) is 0 Å². The van der Waals surface area contributed by atoms with Gasteiger partial charge in [0.05, 0.1) is 5.41 Å². The molecule has 2 heteroatoms. The van der Waals surface area contributed by atoms with Gasteiger partial charge >= 0.3 is 0 Å². The highest BCUT2D eigenvalue weighted by atomic mass is 79.9. The van der Waals surface area contributed by atoms with Gasteiger partial charge in [-0.3, -0.25) is 0 Å². The molecule has 0 fully saturated rings. The quantitative estimate of drug-likeness (QED) is 0.660. The Bertz CT molecular complexity index is 361. The lowest BCUT2D eigenvalue weighted by atomic mass is 9.85. The van der Waals surface area contributed by atoms with Gasteiger partial charge in [0.25, 0.3) is 0 Å². The Morgan fingerprint density at radius 3 is 2.62 bits per heavy atom. The molecule has 0 heterocycles. The zero-order chi connectivity index (χ0) is 10.1. The van der Waals surface area contributed by atoms with E-state index in [1.807, 2.05) is 13.8 Å². The summed E-state index contributed by atoms with van der Waals surface area (Å²) in [5.41, 5.74) is -0.0159. The molecule has 68 valence electrons. The first-order valence-electron chi connectivity index (χ1n) is 3.90. The summed E-state index contributed by atoms with van der Waals surface area (Å²) in [7, 11) is 0. The van der Waals surface area contributed by atoms with Crippen molar-refractivity contribution in [2.75, 3.05) is 0 Å². The van der Waals surface area contributed by atoms with Crippen LogP contribution in [0.25, 0.3) is 0 Å². The Balaban J connectivity index is 3.30. The van der Waals surface area contributed by atoms with Crippen LogP contribution in [0, 0.1) is 18.2 Å². The SMILES string of the molecule is C#CC(C)(C)c1cc(Br)ccc1F. The largest absolute Gasteiger partial charge is 0.207 e. The van der Waals surface area contributed by atoms with Gasteiger partial charge in [0, 0.05) is 10.0 Å². The molecular formula is C11H10BrF. The van der Waals surface area contributed by atoms with Crippen LogP contribution < -0.4 is 0 Å². The van der Waals surface area contributed by atoms with E-state index < -0.39 is 5.41 Å². The van der Waals surface area contributed by atoms with Crippen LogP contribution in [0.5, 0.6) is 0 Å². The highest BCUT2D eigenvalue weighted by Gasteiger charge is 2.21. The van der Waals surface area contributed by atoms with E-state index in [2.05, 4.69) is 21.9 Å². The normalized spacial score (nSPS) is 11.0. The zero-order valence-electron chi connectivity index (χ0n) is 7.57. The molecule has 0 atom stereocenters. The van der Waals surface area contributed by atoms with E-state index in [4.69, 9.17) is 6.42 Å². The maximum absolute atomic E-state index is 13.3. The molecule has 0 spiro atoms. The van der Waals surface area contributed by atoms with Crippen molar-refractivity contribution in [2.24, 2.45) is 0 Å². The molecular weight excluding hydrogens is 231 g/mol. The Labute approximate surface area is 86.3 Å². The predicted molar refractivity (Wildman–Crippen MR) is 56.0 cm³/mol. The predicted octanol–water partition coefficient (Wildman–Crippen LogP) is 3.50. The van der Waals surface area contributed by atoms with Gasteiger partial charge in [0.15, 0.2) is 0 Å². The van der Waals surface area contributed by atoms with Crippen molar-refractivity contribution < 1.29 is 4.39 Å². The zero-order valence-corrected chi connectivity index (χ0v) is 9.15. The first-order chi connectivity index (χ1) is 5.97. The number of hydrogen-bond donors (Lipinski definition) is 0. The monoisotopic (exact) mass is 240 g/mol. The molecule has 0 aromatic heterocycles. The Morgan fingerprint density at radius 1 is 1.46 bits per heavy atom. The van der Waals surface area contributed by atoms with E-state index >= 15 is 0 Å². The lowest BCUT2D eigenvalue weighted by Crippen LogP contribution is -2.15. The summed E-state index contributed by atoms with van der Waals surface area (Å²) in [4.78, 5) is 0. The third-order valence-electron chi connectivity index (χ3n) is 1.96. The highest BCUT2D eigenvalue weighted by molar-refractivity contribution is 9.10. The Kier molecular flexibility index (Phi) is 2.77. The molecule has 13 heavy (non-hydrogen) atoms. The molecule has 1 rings (SSSR count). The van der Waals surface area contributed by atoms with Crippen molar-refractivity contribution in [3.05, 3.63) is 34.1 Å². The fourth-order valence-corrected chi connectivity index (χ4v) is 1.42. The van der Waals surface area contributed by atoms with Gasteiger partial charge in [0.1, 0.15) is 5.82 Å². The van der Waals surface area contributed by atoms with Crippen LogP contribution in [0.1, 0.15) is 19.4 Å². The third-order valence-corrected chi connectivity index (χ3v) is 2.46. The van der Waals surface area contributed by atoms with Crippen molar-refractivity contribution >= 4 is 15.9 Å². The van der Waals surface area contributed by atoms with E-state index in [9.17, 15) is 4.39 Å². The minimum Gasteiger partial charge on any atom is -0.207 e. The molecule has 0 radical (unpaired) electrons. The van der Waals surface area contributed by atoms with Crippen molar-refractivity contribution in [3.8, 4) is 12.3 Å². The first kappa shape index (κ1) is 10.3. The molecule has 1 aromatic carbocycles. The molecule has 0 nitrogen and oxygen atoms in total. The molecule has 0 aliphatic heterocycles. The van der Waals surface area contributed by atoms with Gasteiger partial charge in [-0.15, -0.1) is 6.42 Å². The molecule has 0 N–H and O–H groups in total. The van der Waals surface area contributed by atoms with Crippen LogP contribution >= 0.6 is 15.9 Å². The van der Waals surface area contributed by atoms with E-state index in [1.165, 1.54) is 6.07 Å². The van der Waals surface area contributed by atoms with Crippen LogP contribution in [0.2, 0.25) is 0 Å². The minimum absolute atomic E-state index is 0.258. The summed E-state index contributed by atoms with van der Waals surface area (Å²) in [5.74, 6) is 2.31. The van der Waals surface area contributed by atoms with Gasteiger partial charge in [-0.25, -0.2) is 4.39 Å². The lowest BCUT2D eigenvalue weighted by molar-refractivity contribution is 0.567. The smallest absolute Gasteiger partial charge is 0.127 e. The summed E-state index contributed by atoms with van der Waals surface area (Å²) in [6.45, 7) is 3.63. The van der Waals surface area contributed by atoms with Gasteiger partial charge in [-0.05, 0) is 32.0 Å². The summed E-state index contributed by atoms with van der Waals surface area (Å²) < 4.78 is 14.2. The average Bonchev–Trinajstić information content (AvgIpc) is 2.09. The van der Waals surface area contributed by atoms with Gasteiger partial charge in [0.2, 0.25) is 0 Å². The number of halogens is 2. The van der Waals surface area contributed by atoms with E-state index in [0.29, 0.717) is 5.56 Å². The number of hydrogen-bond acceptors (Lipinski definition) is 0. The second-order valence-corrected chi connectivity index (χ2v) is 4.31. The topological polar surface area (TPSA) is 0 Å². The van der Waals surface area contributed by atoms with Crippen molar-refractivity contribution in [1.29, 1.82) is 0 Å². The van der Waals surface area contributed by atoms with Crippen LogP contribution in [-0.2, 0) is 5.41 Å². The van der Waals surface area contributed by atoms with Crippen molar-refractivity contribution in [2.45, 2.75) is 19.3 Å². The molecule has 0 amide bonds. The molecule has 0 bridgehead atoms. The van der Waals surface area contributed by atoms with E-state index in [0.717, 1.165) is 4.47 Å². The summed E-state index contributed by atoms with van der Waals surface area (Å²) >= 11 is 3.28. The molecule has 0 saturated carbocycles.